The van der Waals surface area contributed by atoms with Gasteiger partial charge in [0.25, 0.3) is 0 Å². The molecule has 0 saturated heterocycles. The van der Waals surface area contributed by atoms with Gasteiger partial charge in [0, 0.05) is 58.4 Å². The van der Waals surface area contributed by atoms with Gasteiger partial charge in [-0.1, -0.05) is 152 Å². The van der Waals surface area contributed by atoms with E-state index in [4.69, 9.17) is 19.4 Å². The molecule has 1 aliphatic rings. The van der Waals surface area contributed by atoms with Crippen LogP contribution in [0.15, 0.2) is 199 Å². The number of hydrogen-bond acceptors (Lipinski definition) is 6. The van der Waals surface area contributed by atoms with Crippen molar-refractivity contribution in [2.75, 3.05) is 4.90 Å². The first-order valence-corrected chi connectivity index (χ1v) is 22.0. The van der Waals surface area contributed by atoms with E-state index in [0.717, 1.165) is 71.2 Å². The highest BCUT2D eigenvalue weighted by Crippen LogP contribution is 2.54. The highest BCUT2D eigenvalue weighted by atomic mass is 32.1. The van der Waals surface area contributed by atoms with Crippen LogP contribution in [0, 0.1) is 0 Å². The zero-order valence-corrected chi connectivity index (χ0v) is 34.4. The molecule has 0 radical (unpaired) electrons. The first-order valence-electron chi connectivity index (χ1n) is 21.2. The van der Waals surface area contributed by atoms with E-state index in [1.165, 1.54) is 48.1 Å². The average Bonchev–Trinajstić information content (AvgIpc) is 3.92. The Labute approximate surface area is 364 Å². The first kappa shape index (κ1) is 34.5. The van der Waals surface area contributed by atoms with Gasteiger partial charge in [-0.05, 0) is 69.6 Å². The first-order chi connectivity index (χ1) is 31.2. The van der Waals surface area contributed by atoms with Gasteiger partial charge in [0.15, 0.2) is 17.5 Å². The Morgan fingerprint density at radius 2 is 0.952 bits per heavy atom. The number of benzene rings is 10. The molecule has 6 heteroatoms. The fourth-order valence-corrected chi connectivity index (χ4v) is 11.3. The summed E-state index contributed by atoms with van der Waals surface area (Å²) in [4.78, 5) is 18.6. The summed E-state index contributed by atoms with van der Waals surface area (Å²) >= 11 is 1.78. The Morgan fingerprint density at radius 1 is 0.365 bits per heavy atom. The summed E-state index contributed by atoms with van der Waals surface area (Å²) in [5.41, 5.74) is 10.2. The quantitative estimate of drug-likeness (QED) is 0.177. The van der Waals surface area contributed by atoms with Gasteiger partial charge in [-0.3, -0.25) is 0 Å². The maximum Gasteiger partial charge on any atom is 0.167 e. The van der Waals surface area contributed by atoms with Crippen molar-refractivity contribution < 1.29 is 4.42 Å². The minimum Gasteiger partial charge on any atom is -0.455 e. The Kier molecular flexibility index (Phi) is 7.21. The SMILES string of the molecule is c1ccc2c3c(ccc2c1)N(c1cccc2c(-c4nc(-c5cccc6c5oc5ccccc56)nc(-c5cccc6c5sc5ccccc56)n4)cccc12)c1cccc2cccc-3c12. The molecule has 0 aliphatic carbocycles. The van der Waals surface area contributed by atoms with Crippen LogP contribution in [0.25, 0.3) is 120 Å². The van der Waals surface area contributed by atoms with Crippen LogP contribution >= 0.6 is 11.3 Å². The molecule has 0 unspecified atom stereocenters. The molecular formula is C57H32N4OS. The van der Waals surface area contributed by atoms with E-state index in [0.29, 0.717) is 17.5 Å². The molecular weight excluding hydrogens is 789 g/mol. The minimum absolute atomic E-state index is 0.561. The van der Waals surface area contributed by atoms with Crippen molar-refractivity contribution in [3.8, 4) is 45.3 Å². The Bertz CT molecular complexity index is 3930. The van der Waals surface area contributed by atoms with Crippen LogP contribution in [0.1, 0.15) is 0 Å². The van der Waals surface area contributed by atoms with Crippen molar-refractivity contribution in [1.29, 1.82) is 0 Å². The third-order valence-electron chi connectivity index (χ3n) is 12.8. The maximum atomic E-state index is 6.59. The highest BCUT2D eigenvalue weighted by Gasteiger charge is 2.29. The summed E-state index contributed by atoms with van der Waals surface area (Å²) in [5, 5.41) is 11.6. The van der Waals surface area contributed by atoms with Gasteiger partial charge in [0.1, 0.15) is 11.2 Å². The monoisotopic (exact) mass is 820 g/mol. The van der Waals surface area contributed by atoms with Crippen LogP contribution in [-0.2, 0) is 0 Å². The van der Waals surface area contributed by atoms with E-state index in [1.54, 1.807) is 11.3 Å². The second-order valence-corrected chi connectivity index (χ2v) is 17.3. The number of anilines is 3. The van der Waals surface area contributed by atoms with E-state index in [2.05, 4.69) is 181 Å². The van der Waals surface area contributed by atoms with E-state index in [1.807, 2.05) is 18.2 Å². The Balaban J connectivity index is 1.03. The van der Waals surface area contributed by atoms with Gasteiger partial charge in [-0.2, -0.15) is 0 Å². The second kappa shape index (κ2) is 13.2. The molecule has 14 rings (SSSR count). The molecule has 1 aliphatic heterocycles. The van der Waals surface area contributed by atoms with Crippen molar-refractivity contribution in [2.45, 2.75) is 0 Å². The predicted molar refractivity (Wildman–Crippen MR) is 262 cm³/mol. The minimum atomic E-state index is 0.561. The molecule has 5 nitrogen and oxygen atoms in total. The number of furan rings is 1. The van der Waals surface area contributed by atoms with E-state index >= 15 is 0 Å². The maximum absolute atomic E-state index is 6.59. The van der Waals surface area contributed by atoms with Crippen molar-refractivity contribution in [2.24, 2.45) is 0 Å². The van der Waals surface area contributed by atoms with Crippen LogP contribution in [-0.4, -0.2) is 15.0 Å². The molecule has 292 valence electrons. The number of aromatic nitrogens is 3. The third kappa shape index (κ3) is 5.01. The number of rotatable bonds is 4. The van der Waals surface area contributed by atoms with Crippen LogP contribution < -0.4 is 4.90 Å². The van der Waals surface area contributed by atoms with Crippen molar-refractivity contribution in [3.63, 3.8) is 0 Å². The molecule has 13 aromatic rings. The van der Waals surface area contributed by atoms with E-state index < -0.39 is 0 Å². The molecule has 0 spiro atoms. The summed E-state index contributed by atoms with van der Waals surface area (Å²) in [7, 11) is 0. The normalized spacial score (nSPS) is 12.4. The van der Waals surface area contributed by atoms with E-state index in [9.17, 15) is 0 Å². The number of nitrogens with zero attached hydrogens (tertiary/aromatic N) is 4. The third-order valence-corrected chi connectivity index (χ3v) is 14.1. The summed E-state index contributed by atoms with van der Waals surface area (Å²) < 4.78 is 8.97. The van der Waals surface area contributed by atoms with Gasteiger partial charge < -0.3 is 9.32 Å². The molecule has 10 aromatic carbocycles. The van der Waals surface area contributed by atoms with Crippen LogP contribution in [0.4, 0.5) is 17.1 Å². The van der Waals surface area contributed by atoms with Crippen molar-refractivity contribution in [1.82, 2.24) is 15.0 Å². The largest absolute Gasteiger partial charge is 0.455 e. The van der Waals surface area contributed by atoms with Crippen LogP contribution in [0.5, 0.6) is 0 Å². The van der Waals surface area contributed by atoms with Crippen molar-refractivity contribution in [3.05, 3.63) is 194 Å². The van der Waals surface area contributed by atoms with Gasteiger partial charge in [0.05, 0.1) is 22.6 Å². The van der Waals surface area contributed by atoms with E-state index in [-0.39, 0.29) is 0 Å². The molecule has 3 aromatic heterocycles. The Morgan fingerprint density at radius 3 is 1.84 bits per heavy atom. The molecule has 0 fully saturated rings. The fraction of sp³-hybridized carbons (Fsp3) is 0. The lowest BCUT2D eigenvalue weighted by Crippen LogP contribution is -2.15. The predicted octanol–water partition coefficient (Wildman–Crippen LogP) is 16.0. The molecule has 0 saturated carbocycles. The number of fused-ring (bicyclic) bond motifs is 11. The lowest BCUT2D eigenvalue weighted by atomic mass is 9.87. The van der Waals surface area contributed by atoms with Gasteiger partial charge in [-0.15, -0.1) is 11.3 Å². The summed E-state index contributed by atoms with van der Waals surface area (Å²) in [5.74, 6) is 1.78. The number of thiophene rings is 1. The van der Waals surface area contributed by atoms with Crippen molar-refractivity contribution >= 4 is 103 Å². The molecule has 0 bridgehead atoms. The average molecular weight is 821 g/mol. The second-order valence-electron chi connectivity index (χ2n) is 16.2. The van der Waals surface area contributed by atoms with Gasteiger partial charge in [-0.25, -0.2) is 15.0 Å². The topological polar surface area (TPSA) is 55.1 Å². The molecule has 63 heavy (non-hydrogen) atoms. The molecule has 0 N–H and O–H groups in total. The zero-order chi connectivity index (χ0) is 41.2. The molecule has 0 amide bonds. The molecule has 0 atom stereocenters. The zero-order valence-electron chi connectivity index (χ0n) is 33.6. The summed E-state index contributed by atoms with van der Waals surface area (Å²) in [6.07, 6.45) is 0. The number of hydrogen-bond donors (Lipinski definition) is 0. The fourth-order valence-electron chi connectivity index (χ4n) is 10.1. The summed E-state index contributed by atoms with van der Waals surface area (Å²) in [6.45, 7) is 0. The van der Waals surface area contributed by atoms with Gasteiger partial charge in [0.2, 0.25) is 0 Å². The lowest BCUT2D eigenvalue weighted by molar-refractivity contribution is 0.669. The van der Waals surface area contributed by atoms with Crippen LogP contribution in [0.3, 0.4) is 0 Å². The van der Waals surface area contributed by atoms with Crippen LogP contribution in [0.2, 0.25) is 0 Å². The lowest BCUT2D eigenvalue weighted by Gasteiger charge is -2.35. The number of para-hydroxylation sites is 2. The summed E-state index contributed by atoms with van der Waals surface area (Å²) in [6, 6.07) is 69.1. The van der Waals surface area contributed by atoms with Gasteiger partial charge >= 0.3 is 0 Å². The Hall–Kier alpha value is -8.19. The standard InChI is InChI=1S/C57H32N4OS/c1-2-16-35-33(13-1)31-32-48-52(35)43-24-7-14-34-15-8-28-47(51(34)43)61(48)46-27-12-19-36-37(46)20-9-23-42(36)55-58-56(44-25-10-21-40-38-17-3-5-29-49(38)62-53(40)44)60-57(59-55)45-26-11-22-41-39-18-4-6-30-50(39)63-54(41)45/h1-32H. The highest BCUT2D eigenvalue weighted by molar-refractivity contribution is 7.26. The smallest absolute Gasteiger partial charge is 0.167 e. The molecule has 4 heterocycles.